The molecule has 1 nitrogen and oxygen atoms in total. The Hall–Kier alpha value is -1.15. The molecule has 0 fully saturated rings. The molecule has 0 amide bonds. The van der Waals surface area contributed by atoms with Crippen molar-refractivity contribution in [2.75, 3.05) is 0 Å². The number of nitrogens with zero attached hydrogens (tertiary/aromatic N) is 1. The Morgan fingerprint density at radius 3 is 2.41 bits per heavy atom. The first-order valence-electron chi connectivity index (χ1n) is 6.22. The molecule has 1 aromatic heterocycles. The Kier molecular flexibility index (Phi) is 3.95. The molecule has 90 valence electrons. The second kappa shape index (κ2) is 5.46. The van der Waals surface area contributed by atoms with E-state index in [2.05, 4.69) is 55.4 Å². The normalized spacial score (nSPS) is 11.1. The molecule has 2 heteroatoms. The van der Waals surface area contributed by atoms with E-state index in [1.54, 1.807) is 11.3 Å². The zero-order valence-corrected chi connectivity index (χ0v) is 11.6. The fraction of sp³-hybridized carbons (Fsp3) is 0.400. The number of hydrogen-bond donors (Lipinski definition) is 0. The predicted octanol–water partition coefficient (Wildman–Crippen LogP) is 4.57. The van der Waals surface area contributed by atoms with Crippen LogP contribution in [0.25, 0.3) is 11.3 Å². The van der Waals surface area contributed by atoms with E-state index < -0.39 is 0 Å². The van der Waals surface area contributed by atoms with Gasteiger partial charge in [0.2, 0.25) is 0 Å². The maximum Gasteiger partial charge on any atom is 0.0929 e. The summed E-state index contributed by atoms with van der Waals surface area (Å²) in [6.45, 7) is 6.65. The van der Waals surface area contributed by atoms with Gasteiger partial charge in [-0.05, 0) is 24.3 Å². The molecule has 1 aromatic carbocycles. The molecule has 0 bridgehead atoms. The zero-order valence-electron chi connectivity index (χ0n) is 10.7. The first-order valence-corrected chi connectivity index (χ1v) is 7.10. The quantitative estimate of drug-likeness (QED) is 0.769. The van der Waals surface area contributed by atoms with Gasteiger partial charge in [-0.1, -0.05) is 45.0 Å². The van der Waals surface area contributed by atoms with Crippen LogP contribution in [0.15, 0.2) is 29.6 Å². The lowest BCUT2D eigenvalue weighted by molar-refractivity contribution is 0.647. The fourth-order valence-corrected chi connectivity index (χ4v) is 2.64. The van der Waals surface area contributed by atoms with Gasteiger partial charge in [-0.25, -0.2) is 4.98 Å². The van der Waals surface area contributed by atoms with Crippen LogP contribution in [0.4, 0.5) is 0 Å². The highest BCUT2D eigenvalue weighted by Gasteiger charge is 2.04. The molecule has 0 saturated carbocycles. The Balaban J connectivity index is 2.17. The maximum absolute atomic E-state index is 4.61. The van der Waals surface area contributed by atoms with Crippen LogP contribution in [0.3, 0.4) is 0 Å². The van der Waals surface area contributed by atoms with Crippen LogP contribution in [0.5, 0.6) is 0 Å². The van der Waals surface area contributed by atoms with Gasteiger partial charge < -0.3 is 0 Å². The lowest BCUT2D eigenvalue weighted by atomic mass is 10.0. The van der Waals surface area contributed by atoms with Crippen molar-refractivity contribution in [1.82, 2.24) is 4.98 Å². The molecule has 0 aliphatic carbocycles. The number of rotatable bonds is 4. The van der Waals surface area contributed by atoms with Gasteiger partial charge in [0, 0.05) is 10.9 Å². The summed E-state index contributed by atoms with van der Waals surface area (Å²) in [5, 5.41) is 3.36. The van der Waals surface area contributed by atoms with Gasteiger partial charge in [0.1, 0.15) is 0 Å². The number of benzene rings is 1. The number of aryl methyl sites for hydroxylation is 1. The monoisotopic (exact) mass is 245 g/mol. The first kappa shape index (κ1) is 12.3. The van der Waals surface area contributed by atoms with Crippen molar-refractivity contribution in [3.05, 3.63) is 40.2 Å². The molecule has 0 aliphatic heterocycles. The summed E-state index contributed by atoms with van der Waals surface area (Å²) in [4.78, 5) is 4.61. The van der Waals surface area contributed by atoms with Crippen molar-refractivity contribution in [1.29, 1.82) is 0 Å². The van der Waals surface area contributed by atoms with Gasteiger partial charge in [-0.3, -0.25) is 0 Å². The average Bonchev–Trinajstić information content (AvgIpc) is 2.78. The maximum atomic E-state index is 4.61. The molecule has 2 aromatic rings. The fourth-order valence-electron chi connectivity index (χ4n) is 1.89. The van der Waals surface area contributed by atoms with Gasteiger partial charge in [0.05, 0.1) is 10.7 Å². The van der Waals surface area contributed by atoms with Crippen molar-refractivity contribution in [2.24, 2.45) is 5.92 Å². The molecule has 2 rings (SSSR count). The SMILES string of the molecule is CCc1nc(-c2ccc(CC(C)C)cc2)cs1. The van der Waals surface area contributed by atoms with E-state index in [-0.39, 0.29) is 0 Å². The van der Waals surface area contributed by atoms with E-state index in [9.17, 15) is 0 Å². The smallest absolute Gasteiger partial charge is 0.0929 e. The Labute approximate surface area is 108 Å². The molecule has 1 heterocycles. The minimum Gasteiger partial charge on any atom is -0.241 e. The average molecular weight is 245 g/mol. The summed E-state index contributed by atoms with van der Waals surface area (Å²) in [7, 11) is 0. The first-order chi connectivity index (χ1) is 8.19. The minimum atomic E-state index is 0.715. The third-order valence-electron chi connectivity index (χ3n) is 2.75. The molecule has 0 unspecified atom stereocenters. The molecule has 0 atom stereocenters. The lowest BCUT2D eigenvalue weighted by Gasteiger charge is -2.05. The molecular weight excluding hydrogens is 226 g/mol. The van der Waals surface area contributed by atoms with Gasteiger partial charge in [0.25, 0.3) is 0 Å². The van der Waals surface area contributed by atoms with E-state index >= 15 is 0 Å². The molecule has 0 radical (unpaired) electrons. The van der Waals surface area contributed by atoms with E-state index in [4.69, 9.17) is 0 Å². The van der Waals surface area contributed by atoms with Crippen molar-refractivity contribution in [3.63, 3.8) is 0 Å². The van der Waals surface area contributed by atoms with E-state index in [1.807, 2.05) is 0 Å². The largest absolute Gasteiger partial charge is 0.241 e. The van der Waals surface area contributed by atoms with E-state index in [0.29, 0.717) is 5.92 Å². The molecule has 0 N–H and O–H groups in total. The van der Waals surface area contributed by atoms with Crippen LogP contribution in [-0.4, -0.2) is 4.98 Å². The van der Waals surface area contributed by atoms with Gasteiger partial charge in [0.15, 0.2) is 0 Å². The van der Waals surface area contributed by atoms with Gasteiger partial charge in [-0.15, -0.1) is 11.3 Å². The number of hydrogen-bond acceptors (Lipinski definition) is 2. The summed E-state index contributed by atoms with van der Waals surface area (Å²) >= 11 is 1.75. The summed E-state index contributed by atoms with van der Waals surface area (Å²) in [5.74, 6) is 0.715. The van der Waals surface area contributed by atoms with Crippen LogP contribution in [-0.2, 0) is 12.8 Å². The Morgan fingerprint density at radius 1 is 1.18 bits per heavy atom. The number of aromatic nitrogens is 1. The minimum absolute atomic E-state index is 0.715. The summed E-state index contributed by atoms with van der Waals surface area (Å²) < 4.78 is 0. The Bertz CT molecular complexity index is 468. The molecule has 0 spiro atoms. The lowest BCUT2D eigenvalue weighted by Crippen LogP contribution is -1.93. The van der Waals surface area contributed by atoms with Crippen LogP contribution >= 0.6 is 11.3 Å². The topological polar surface area (TPSA) is 12.9 Å². The standard InChI is InChI=1S/C15H19NS/c1-4-15-16-14(10-17-15)13-7-5-12(6-8-13)9-11(2)3/h5-8,10-11H,4,9H2,1-3H3. The molecule has 0 aliphatic rings. The van der Waals surface area contributed by atoms with Crippen LogP contribution in [0.1, 0.15) is 31.3 Å². The third-order valence-corrected chi connectivity index (χ3v) is 3.74. The van der Waals surface area contributed by atoms with Crippen molar-refractivity contribution >= 4 is 11.3 Å². The van der Waals surface area contributed by atoms with Crippen molar-refractivity contribution in [3.8, 4) is 11.3 Å². The highest BCUT2D eigenvalue weighted by atomic mass is 32.1. The highest BCUT2D eigenvalue weighted by molar-refractivity contribution is 7.09. The zero-order chi connectivity index (χ0) is 12.3. The third kappa shape index (κ3) is 3.16. The number of thiazole rings is 1. The van der Waals surface area contributed by atoms with Crippen LogP contribution in [0.2, 0.25) is 0 Å². The summed E-state index contributed by atoms with van der Waals surface area (Å²) in [6, 6.07) is 8.82. The van der Waals surface area contributed by atoms with Gasteiger partial charge >= 0.3 is 0 Å². The molecule has 17 heavy (non-hydrogen) atoms. The summed E-state index contributed by atoms with van der Waals surface area (Å²) in [6.07, 6.45) is 2.17. The second-order valence-electron chi connectivity index (χ2n) is 4.77. The predicted molar refractivity (Wildman–Crippen MR) is 75.5 cm³/mol. The van der Waals surface area contributed by atoms with Gasteiger partial charge in [-0.2, -0.15) is 0 Å². The summed E-state index contributed by atoms with van der Waals surface area (Å²) in [5.41, 5.74) is 3.76. The highest BCUT2D eigenvalue weighted by Crippen LogP contribution is 2.23. The second-order valence-corrected chi connectivity index (χ2v) is 5.72. The van der Waals surface area contributed by atoms with Crippen LogP contribution < -0.4 is 0 Å². The van der Waals surface area contributed by atoms with E-state index in [0.717, 1.165) is 18.5 Å². The van der Waals surface area contributed by atoms with E-state index in [1.165, 1.54) is 16.1 Å². The van der Waals surface area contributed by atoms with Crippen molar-refractivity contribution in [2.45, 2.75) is 33.6 Å². The molecular formula is C15H19NS. The van der Waals surface area contributed by atoms with Crippen molar-refractivity contribution < 1.29 is 0 Å². The Morgan fingerprint density at radius 2 is 1.88 bits per heavy atom. The molecule has 0 saturated heterocycles. The van der Waals surface area contributed by atoms with Crippen LogP contribution in [0, 0.1) is 5.92 Å².